The first kappa shape index (κ1) is 27.4. The van der Waals surface area contributed by atoms with E-state index in [1.165, 1.54) is 13.0 Å². The first-order chi connectivity index (χ1) is 18.2. The minimum Gasteiger partial charge on any atom is -0.458 e. The number of aromatic nitrogens is 2. The molecule has 1 aromatic carbocycles. The number of ether oxygens (including phenoxy) is 1. The molecule has 0 spiro atoms. The lowest BCUT2D eigenvalue weighted by molar-refractivity contribution is -0.157. The van der Waals surface area contributed by atoms with Gasteiger partial charge in [0.05, 0.1) is 29.0 Å². The average Bonchev–Trinajstić information content (AvgIpc) is 3.29. The number of cyclic esters (lactones) is 1. The summed E-state index contributed by atoms with van der Waals surface area (Å²) in [6.07, 6.45) is 2.13. The number of nitrogens with zero attached hydrogens (tertiary/aromatic N) is 2. The van der Waals surface area contributed by atoms with Gasteiger partial charge in [0, 0.05) is 36.0 Å². The summed E-state index contributed by atoms with van der Waals surface area (Å²) in [6, 6.07) is 3.13. The van der Waals surface area contributed by atoms with Crippen LogP contribution in [0.3, 0.4) is 0 Å². The van der Waals surface area contributed by atoms with Crippen molar-refractivity contribution in [2.75, 3.05) is 6.54 Å². The van der Waals surface area contributed by atoms with Gasteiger partial charge in [-0.25, -0.2) is 14.2 Å². The molecule has 1 amide bonds. The number of fused-ring (bicyclic) bond motifs is 5. The Hall–Kier alpha value is -3.59. The van der Waals surface area contributed by atoms with Gasteiger partial charge in [-0.2, -0.15) is 0 Å². The predicted molar refractivity (Wildman–Crippen MR) is 142 cm³/mol. The highest BCUT2D eigenvalue weighted by Crippen LogP contribution is 2.41. The van der Waals surface area contributed by atoms with Crippen molar-refractivity contribution in [3.05, 3.63) is 61.7 Å². The topological polar surface area (TPSA) is 111 Å². The van der Waals surface area contributed by atoms with Gasteiger partial charge in [-0.1, -0.05) is 20.8 Å². The second-order valence-corrected chi connectivity index (χ2v) is 9.48. The fourth-order valence-electron chi connectivity index (χ4n) is 5.36. The quantitative estimate of drug-likeness (QED) is 0.384. The molecule has 2 aliphatic heterocycles. The zero-order chi connectivity index (χ0) is 27.7. The van der Waals surface area contributed by atoms with Gasteiger partial charge in [-0.05, 0) is 55.4 Å². The van der Waals surface area contributed by atoms with Gasteiger partial charge >= 0.3 is 5.97 Å². The maximum atomic E-state index is 14.5. The zero-order valence-electron chi connectivity index (χ0n) is 22.5. The van der Waals surface area contributed by atoms with Crippen LogP contribution in [0.1, 0.15) is 80.0 Å². The Balaban J connectivity index is 0.000000328. The van der Waals surface area contributed by atoms with E-state index in [-0.39, 0.29) is 29.5 Å². The summed E-state index contributed by atoms with van der Waals surface area (Å²) in [5.41, 5.74) is 5.86. The molecule has 3 aliphatic rings. The van der Waals surface area contributed by atoms with E-state index in [1.807, 2.05) is 20.8 Å². The van der Waals surface area contributed by atoms with Crippen molar-refractivity contribution in [3.8, 4) is 11.4 Å². The summed E-state index contributed by atoms with van der Waals surface area (Å²) < 4.78 is 21.1. The predicted octanol–water partition coefficient (Wildman–Crippen LogP) is 4.01. The number of halogens is 1. The van der Waals surface area contributed by atoms with Crippen molar-refractivity contribution in [2.45, 2.75) is 79.6 Å². The summed E-state index contributed by atoms with van der Waals surface area (Å²) in [6.45, 7) is 10.4. The zero-order valence-corrected chi connectivity index (χ0v) is 22.5. The van der Waals surface area contributed by atoms with Crippen molar-refractivity contribution >= 4 is 22.8 Å². The largest absolute Gasteiger partial charge is 0.458 e. The van der Waals surface area contributed by atoms with Gasteiger partial charge in [0.25, 0.3) is 5.56 Å². The fraction of sp³-hybridized carbons (Fsp3) is 0.448. The Bertz CT molecular complexity index is 1490. The van der Waals surface area contributed by atoms with Crippen molar-refractivity contribution in [1.82, 2.24) is 14.9 Å². The van der Waals surface area contributed by atoms with Crippen molar-refractivity contribution in [2.24, 2.45) is 0 Å². The van der Waals surface area contributed by atoms with Crippen LogP contribution in [0.15, 0.2) is 16.9 Å². The number of hydrogen-bond acceptors (Lipinski definition) is 6. The van der Waals surface area contributed by atoms with Crippen LogP contribution in [0.2, 0.25) is 0 Å². The lowest BCUT2D eigenvalue weighted by Crippen LogP contribution is -2.32. The molecule has 9 heteroatoms. The van der Waals surface area contributed by atoms with E-state index < -0.39 is 12.1 Å². The molecule has 6 rings (SSSR count). The first-order valence-corrected chi connectivity index (χ1v) is 13.2. The number of aliphatic hydroxyl groups excluding tert-OH is 1. The molecule has 38 heavy (non-hydrogen) atoms. The molecule has 2 N–H and O–H groups in total. The molecule has 1 aliphatic carbocycles. The molecule has 1 atom stereocenters. The van der Waals surface area contributed by atoms with Crippen LogP contribution in [-0.4, -0.2) is 33.1 Å². The summed E-state index contributed by atoms with van der Waals surface area (Å²) in [5.74, 6) is -0.975. The summed E-state index contributed by atoms with van der Waals surface area (Å²) >= 11 is 0. The Morgan fingerprint density at radius 2 is 1.89 bits per heavy atom. The van der Waals surface area contributed by atoms with Crippen LogP contribution in [0.4, 0.5) is 4.39 Å². The molecule has 3 aromatic rings. The van der Waals surface area contributed by atoms with E-state index in [2.05, 4.69) is 5.32 Å². The lowest BCUT2D eigenvalue weighted by atomic mass is 9.85. The molecule has 0 radical (unpaired) electrons. The monoisotopic (exact) mass is 523 g/mol. The second kappa shape index (κ2) is 11.0. The molecular weight excluding hydrogens is 489 g/mol. The number of carbonyl (C=O) groups excluding carboxylic acids is 2. The SMILES string of the molecule is CC.CCCNC(C)=O.Cc1c(F)cc2nc3c(c4c2c1CCC4)Cn1c-3cc2c(c1=O)COC(=O)C2O. The molecule has 8 nitrogen and oxygen atoms in total. The number of aryl methyl sites for hydroxylation is 2. The smallest absolute Gasteiger partial charge is 0.340 e. The number of carbonyl (C=O) groups is 2. The summed E-state index contributed by atoms with van der Waals surface area (Å²) in [4.78, 5) is 39.7. The number of esters is 1. The van der Waals surface area contributed by atoms with Crippen LogP contribution >= 0.6 is 0 Å². The maximum Gasteiger partial charge on any atom is 0.340 e. The molecule has 1 unspecified atom stereocenters. The number of aliphatic hydroxyl groups is 1. The molecule has 202 valence electrons. The van der Waals surface area contributed by atoms with E-state index in [0.717, 1.165) is 54.3 Å². The number of amides is 1. The van der Waals surface area contributed by atoms with E-state index in [4.69, 9.17) is 9.72 Å². The van der Waals surface area contributed by atoms with Crippen LogP contribution in [0.25, 0.3) is 22.3 Å². The highest BCUT2D eigenvalue weighted by molar-refractivity contribution is 5.92. The maximum absolute atomic E-state index is 14.5. The van der Waals surface area contributed by atoms with Gasteiger partial charge in [0.15, 0.2) is 6.10 Å². The number of rotatable bonds is 2. The minimum absolute atomic E-state index is 0.0573. The number of benzene rings is 1. The van der Waals surface area contributed by atoms with E-state index in [0.29, 0.717) is 34.6 Å². The van der Waals surface area contributed by atoms with Gasteiger partial charge in [0.2, 0.25) is 5.91 Å². The van der Waals surface area contributed by atoms with Crippen molar-refractivity contribution in [3.63, 3.8) is 0 Å². The Morgan fingerprint density at radius 3 is 2.55 bits per heavy atom. The Labute approximate surface area is 220 Å². The second-order valence-electron chi connectivity index (χ2n) is 9.48. The molecule has 0 bridgehead atoms. The van der Waals surface area contributed by atoms with Crippen LogP contribution in [-0.2, 0) is 40.3 Å². The first-order valence-electron chi connectivity index (χ1n) is 13.2. The van der Waals surface area contributed by atoms with Crippen LogP contribution in [0.5, 0.6) is 0 Å². The van der Waals surface area contributed by atoms with E-state index in [9.17, 15) is 23.9 Å². The summed E-state index contributed by atoms with van der Waals surface area (Å²) in [5, 5.41) is 13.9. The van der Waals surface area contributed by atoms with E-state index in [1.54, 1.807) is 17.6 Å². The van der Waals surface area contributed by atoms with E-state index >= 15 is 0 Å². The van der Waals surface area contributed by atoms with Crippen LogP contribution < -0.4 is 10.9 Å². The fourth-order valence-corrected chi connectivity index (χ4v) is 5.36. The minimum atomic E-state index is -1.48. The van der Waals surface area contributed by atoms with Crippen molar-refractivity contribution < 1.29 is 23.8 Å². The number of hydrogen-bond donors (Lipinski definition) is 2. The van der Waals surface area contributed by atoms with Gasteiger partial charge in [-0.3, -0.25) is 9.59 Å². The molecule has 0 saturated heterocycles. The normalized spacial score (nSPS) is 16.2. The molecule has 4 heterocycles. The van der Waals surface area contributed by atoms with Gasteiger partial charge < -0.3 is 19.7 Å². The third-order valence-corrected chi connectivity index (χ3v) is 7.16. The Morgan fingerprint density at radius 1 is 1.18 bits per heavy atom. The van der Waals surface area contributed by atoms with Crippen molar-refractivity contribution in [1.29, 1.82) is 0 Å². The Kier molecular flexibility index (Phi) is 7.97. The van der Waals surface area contributed by atoms with Gasteiger partial charge in [-0.15, -0.1) is 0 Å². The average molecular weight is 524 g/mol. The molecule has 0 saturated carbocycles. The molecule has 2 aromatic heterocycles. The van der Waals surface area contributed by atoms with Crippen LogP contribution in [0, 0.1) is 12.7 Å². The third kappa shape index (κ3) is 4.60. The summed E-state index contributed by atoms with van der Waals surface area (Å²) in [7, 11) is 0. The number of nitrogens with one attached hydrogen (secondary N) is 1. The van der Waals surface area contributed by atoms with Gasteiger partial charge in [0.1, 0.15) is 12.4 Å². The molecular formula is C29H34FN3O5. The highest BCUT2D eigenvalue weighted by atomic mass is 19.1. The standard InChI is InChI=1S/C22H17FN2O4.C5H11NO.C2H6/c1-9-10-3-2-4-11-13-7-25-17(19(13)24-16(18(10)11)6-15(9)23)5-12-14(21(25)27)8-29-22(28)20(12)26;1-3-4-6-5(2)7;1-2/h5-6,20,26H,2-4,7-8H2,1H3;3-4H2,1-2H3,(H,6,7);1-2H3. The third-order valence-electron chi connectivity index (χ3n) is 7.16. The molecule has 0 fully saturated rings. The lowest BCUT2D eigenvalue weighted by Gasteiger charge is -2.22. The highest BCUT2D eigenvalue weighted by Gasteiger charge is 2.35. The number of pyridine rings is 2.